The molecule has 0 radical (unpaired) electrons. The summed E-state index contributed by atoms with van der Waals surface area (Å²) in [5.41, 5.74) is 3.15. The third-order valence-electron chi connectivity index (χ3n) is 8.12. The molecule has 8 nitrogen and oxygen atoms in total. The van der Waals surface area contributed by atoms with Crippen molar-refractivity contribution >= 4 is 27.7 Å². The van der Waals surface area contributed by atoms with Crippen LogP contribution in [0.1, 0.15) is 60.5 Å². The van der Waals surface area contributed by atoms with Gasteiger partial charge in [0.05, 0.1) is 41.9 Å². The summed E-state index contributed by atoms with van der Waals surface area (Å²) in [4.78, 5) is 33.9. The number of amides is 1. The van der Waals surface area contributed by atoms with Crippen molar-refractivity contribution in [2.24, 2.45) is 0 Å². The molecule has 1 aliphatic carbocycles. The molecule has 8 heteroatoms. The largest absolute Gasteiger partial charge is 0.379 e. The van der Waals surface area contributed by atoms with Crippen molar-refractivity contribution in [3.8, 4) is 0 Å². The van der Waals surface area contributed by atoms with Gasteiger partial charge < -0.3 is 14.6 Å². The lowest BCUT2D eigenvalue weighted by Crippen LogP contribution is -2.50. The van der Waals surface area contributed by atoms with Crippen molar-refractivity contribution in [1.29, 1.82) is 0 Å². The van der Waals surface area contributed by atoms with E-state index in [0.717, 1.165) is 92.6 Å². The number of ether oxygens (including phenoxy) is 1. The maximum Gasteiger partial charge on any atom is 0.259 e. The molecule has 3 fully saturated rings. The number of H-pyrrole nitrogens is 1. The molecular weight excluding hydrogens is 430 g/mol. The number of nitrogens with zero attached hydrogens (tertiary/aromatic N) is 4. The van der Waals surface area contributed by atoms with E-state index >= 15 is 0 Å². The summed E-state index contributed by atoms with van der Waals surface area (Å²) in [7, 11) is 0. The van der Waals surface area contributed by atoms with Crippen molar-refractivity contribution in [2.75, 3.05) is 39.4 Å². The van der Waals surface area contributed by atoms with E-state index in [9.17, 15) is 9.59 Å². The van der Waals surface area contributed by atoms with Gasteiger partial charge in [-0.1, -0.05) is 12.8 Å². The van der Waals surface area contributed by atoms with Crippen LogP contribution in [0.4, 0.5) is 0 Å². The van der Waals surface area contributed by atoms with Crippen molar-refractivity contribution in [1.82, 2.24) is 24.6 Å². The van der Waals surface area contributed by atoms with Gasteiger partial charge in [0, 0.05) is 43.2 Å². The first-order chi connectivity index (χ1) is 16.6. The van der Waals surface area contributed by atoms with Gasteiger partial charge in [-0.3, -0.25) is 19.2 Å². The van der Waals surface area contributed by atoms with E-state index in [1.54, 1.807) is 6.20 Å². The number of benzene rings is 1. The first kappa shape index (κ1) is 21.8. The Morgan fingerprint density at radius 2 is 1.74 bits per heavy atom. The van der Waals surface area contributed by atoms with E-state index in [-0.39, 0.29) is 11.5 Å². The van der Waals surface area contributed by atoms with Crippen molar-refractivity contribution < 1.29 is 9.53 Å². The lowest BCUT2D eigenvalue weighted by Gasteiger charge is -2.40. The number of morpholine rings is 1. The highest BCUT2D eigenvalue weighted by molar-refractivity contribution is 6.07. The number of hydrogen-bond donors (Lipinski definition) is 1. The zero-order valence-electron chi connectivity index (χ0n) is 19.9. The molecule has 0 atom stereocenters. The number of piperidine rings is 1. The van der Waals surface area contributed by atoms with Gasteiger partial charge in [0.1, 0.15) is 0 Å². The first-order valence-corrected chi connectivity index (χ1v) is 12.7. The molecule has 0 unspecified atom stereocenters. The summed E-state index contributed by atoms with van der Waals surface area (Å²) in [6.07, 6.45) is 8.24. The highest BCUT2D eigenvalue weighted by atomic mass is 16.5. The molecule has 1 N–H and O–H groups in total. The van der Waals surface area contributed by atoms with Crippen LogP contribution in [0.3, 0.4) is 0 Å². The van der Waals surface area contributed by atoms with Crippen LogP contribution < -0.4 is 5.56 Å². The van der Waals surface area contributed by atoms with Gasteiger partial charge in [0.2, 0.25) is 0 Å². The Morgan fingerprint density at radius 3 is 2.47 bits per heavy atom. The highest BCUT2D eigenvalue weighted by Crippen LogP contribution is 2.34. The molecule has 34 heavy (non-hydrogen) atoms. The zero-order valence-corrected chi connectivity index (χ0v) is 19.9. The van der Waals surface area contributed by atoms with Gasteiger partial charge >= 0.3 is 0 Å². The maximum absolute atomic E-state index is 13.6. The highest BCUT2D eigenvalue weighted by Gasteiger charge is 2.29. The summed E-state index contributed by atoms with van der Waals surface area (Å²) in [5.74, 6) is 0.0890. The lowest BCUT2D eigenvalue weighted by atomic mass is 9.99. The smallest absolute Gasteiger partial charge is 0.259 e. The second-order valence-electron chi connectivity index (χ2n) is 10.1. The molecule has 4 heterocycles. The molecule has 1 aromatic carbocycles. The normalized spacial score (nSPS) is 21.1. The number of hydrogen-bond acceptors (Lipinski definition) is 5. The monoisotopic (exact) mass is 463 g/mol. The molecule has 2 aliphatic heterocycles. The van der Waals surface area contributed by atoms with Gasteiger partial charge in [0.25, 0.3) is 11.5 Å². The SMILES string of the molecule is Cc1cc2[nH]c(=O)c3cnn(C4CCCC4)c3c2cc1C(=O)N1CCC(N2CCOCC2)CC1. The summed E-state index contributed by atoms with van der Waals surface area (Å²) in [6.45, 7) is 7.12. The number of carbonyl (C=O) groups excluding carboxylic acids is 1. The number of nitrogens with one attached hydrogen (secondary N) is 1. The third kappa shape index (κ3) is 3.73. The quantitative estimate of drug-likeness (QED) is 0.645. The van der Waals surface area contributed by atoms with Crippen molar-refractivity contribution in [3.63, 3.8) is 0 Å². The fourth-order valence-corrected chi connectivity index (χ4v) is 6.20. The fourth-order valence-electron chi connectivity index (χ4n) is 6.20. The Bertz CT molecular complexity index is 1280. The molecular formula is C26H33N5O3. The van der Waals surface area contributed by atoms with Crippen LogP contribution >= 0.6 is 0 Å². The summed E-state index contributed by atoms with van der Waals surface area (Å²) in [5, 5.41) is 6.13. The Morgan fingerprint density at radius 1 is 1.00 bits per heavy atom. The van der Waals surface area contributed by atoms with Gasteiger partial charge in [-0.05, 0) is 50.3 Å². The molecule has 0 bridgehead atoms. The van der Waals surface area contributed by atoms with Crippen LogP contribution in [0.5, 0.6) is 0 Å². The number of rotatable bonds is 3. The average molecular weight is 464 g/mol. The fraction of sp³-hybridized carbons (Fsp3) is 0.577. The predicted octanol–water partition coefficient (Wildman–Crippen LogP) is 3.24. The molecule has 1 amide bonds. The van der Waals surface area contributed by atoms with Gasteiger partial charge in [0.15, 0.2) is 0 Å². The van der Waals surface area contributed by atoms with Gasteiger partial charge in [-0.25, -0.2) is 0 Å². The standard InChI is InChI=1S/C26H33N5O3/c1-17-14-23-21(24-22(25(32)28-23)16-27-31(24)19-4-2-3-5-19)15-20(17)26(33)30-8-6-18(7-9-30)29-10-12-34-13-11-29/h14-16,18-19H,2-13H2,1H3,(H,28,32). The topological polar surface area (TPSA) is 83.5 Å². The molecule has 6 rings (SSSR count). The van der Waals surface area contributed by atoms with Crippen LogP contribution in [0, 0.1) is 6.92 Å². The van der Waals surface area contributed by atoms with Crippen LogP contribution in [-0.4, -0.2) is 75.9 Å². The molecule has 2 saturated heterocycles. The van der Waals surface area contributed by atoms with Crippen LogP contribution in [0.15, 0.2) is 23.1 Å². The summed E-state index contributed by atoms with van der Waals surface area (Å²) < 4.78 is 7.53. The number of likely N-dealkylation sites (tertiary alicyclic amines) is 1. The summed E-state index contributed by atoms with van der Waals surface area (Å²) in [6, 6.07) is 4.81. The second-order valence-corrected chi connectivity index (χ2v) is 10.1. The molecule has 1 saturated carbocycles. The van der Waals surface area contributed by atoms with E-state index < -0.39 is 0 Å². The molecule has 2 aromatic heterocycles. The minimum absolute atomic E-state index is 0.0890. The molecule has 3 aromatic rings. The molecule has 180 valence electrons. The van der Waals surface area contributed by atoms with Crippen LogP contribution in [0.2, 0.25) is 0 Å². The summed E-state index contributed by atoms with van der Waals surface area (Å²) >= 11 is 0. The minimum Gasteiger partial charge on any atom is -0.379 e. The Kier molecular flexibility index (Phi) is 5.65. The second kappa shape index (κ2) is 8.82. The first-order valence-electron chi connectivity index (χ1n) is 12.7. The van der Waals surface area contributed by atoms with Crippen molar-refractivity contribution in [3.05, 3.63) is 39.8 Å². The van der Waals surface area contributed by atoms with E-state index in [1.165, 1.54) is 12.8 Å². The molecule has 0 spiro atoms. The maximum atomic E-state index is 13.6. The number of aryl methyl sites for hydroxylation is 1. The van der Waals surface area contributed by atoms with Crippen molar-refractivity contribution in [2.45, 2.75) is 57.5 Å². The van der Waals surface area contributed by atoms with E-state index in [4.69, 9.17) is 4.74 Å². The van der Waals surface area contributed by atoms with Crippen LogP contribution in [0.25, 0.3) is 21.8 Å². The van der Waals surface area contributed by atoms with Crippen LogP contribution in [-0.2, 0) is 4.74 Å². The Balaban J connectivity index is 1.32. The number of aromatic nitrogens is 3. The average Bonchev–Trinajstić information content (AvgIpc) is 3.55. The zero-order chi connectivity index (χ0) is 23.2. The number of carbonyl (C=O) groups is 1. The van der Waals surface area contributed by atoms with Gasteiger partial charge in [-0.15, -0.1) is 0 Å². The Hall–Kier alpha value is -2.71. The predicted molar refractivity (Wildman–Crippen MR) is 131 cm³/mol. The third-order valence-corrected chi connectivity index (χ3v) is 8.12. The van der Waals surface area contributed by atoms with Gasteiger partial charge in [-0.2, -0.15) is 5.10 Å². The number of fused-ring (bicyclic) bond motifs is 3. The Labute approximate surface area is 198 Å². The molecule has 3 aliphatic rings. The number of aromatic amines is 1. The lowest BCUT2D eigenvalue weighted by molar-refractivity contribution is 0.00158. The van der Waals surface area contributed by atoms with E-state index in [2.05, 4.69) is 15.0 Å². The number of pyridine rings is 1. The van der Waals surface area contributed by atoms with E-state index in [0.29, 0.717) is 17.5 Å². The van der Waals surface area contributed by atoms with E-state index in [1.807, 2.05) is 28.6 Å². The minimum atomic E-state index is -0.115.